The number of para-hydroxylation sites is 2. The summed E-state index contributed by atoms with van der Waals surface area (Å²) in [4.78, 5) is 5.06. The molecule has 150 valence electrons. The van der Waals surface area contributed by atoms with Crippen LogP contribution in [0.2, 0.25) is 0 Å². The van der Waals surface area contributed by atoms with Crippen LogP contribution in [-0.2, 0) is 11.2 Å². The van der Waals surface area contributed by atoms with Gasteiger partial charge in [-0.1, -0.05) is 18.2 Å². The van der Waals surface area contributed by atoms with E-state index in [1.54, 1.807) is 4.90 Å². The second-order valence-corrected chi connectivity index (χ2v) is 7.65. The number of hydrogen-bond acceptors (Lipinski definition) is 3. The second kappa shape index (κ2) is 8.64. The van der Waals surface area contributed by atoms with Crippen molar-refractivity contribution < 1.29 is 14.0 Å². The Bertz CT molecular complexity index is 1070. The summed E-state index contributed by atoms with van der Waals surface area (Å²) in [5, 5.41) is 13.5. The quantitative estimate of drug-likeness (QED) is 0.325. The van der Waals surface area contributed by atoms with Gasteiger partial charge in [-0.2, -0.15) is 9.66 Å². The molecule has 3 N–H and O–H groups in total. The summed E-state index contributed by atoms with van der Waals surface area (Å²) in [6.45, 7) is 11.9. The Hall–Kier alpha value is -2.88. The third-order valence-corrected chi connectivity index (χ3v) is 5.86. The lowest BCUT2D eigenvalue weighted by Gasteiger charge is -2.23. The van der Waals surface area contributed by atoms with Crippen LogP contribution < -0.4 is 14.6 Å². The lowest BCUT2D eigenvalue weighted by molar-refractivity contribution is -0.908. The van der Waals surface area contributed by atoms with E-state index in [2.05, 4.69) is 39.5 Å². The molecule has 0 saturated carbocycles. The SMILES string of the molecule is C=CCc1c(C)c(C#N)c2[nH]c3ccccc3[n+]2c1NCCC[NH+]1CCOCC1. The van der Waals surface area contributed by atoms with Gasteiger partial charge in [-0.25, -0.2) is 0 Å². The zero-order valence-corrected chi connectivity index (χ0v) is 17.1. The fraction of sp³-hybridized carbons (Fsp3) is 0.391. The minimum Gasteiger partial charge on any atom is -0.370 e. The van der Waals surface area contributed by atoms with Crippen molar-refractivity contribution in [3.05, 3.63) is 53.6 Å². The number of imidazole rings is 1. The number of nitrogens with one attached hydrogen (secondary N) is 3. The molecule has 1 aliphatic heterocycles. The number of fused-ring (bicyclic) bond motifs is 3. The minimum atomic E-state index is 0.696. The van der Waals surface area contributed by atoms with E-state index in [0.29, 0.717) is 5.56 Å². The maximum atomic E-state index is 9.84. The number of ether oxygens (including phenoxy) is 1. The number of rotatable bonds is 7. The van der Waals surface area contributed by atoms with Gasteiger partial charge in [-0.05, 0) is 31.0 Å². The van der Waals surface area contributed by atoms with Crippen LogP contribution in [0.1, 0.15) is 23.1 Å². The maximum absolute atomic E-state index is 9.84. The summed E-state index contributed by atoms with van der Waals surface area (Å²) in [6.07, 6.45) is 3.72. The number of quaternary nitrogens is 1. The molecule has 0 bridgehead atoms. The number of benzene rings is 1. The lowest BCUT2D eigenvalue weighted by Crippen LogP contribution is -3.14. The maximum Gasteiger partial charge on any atom is 0.250 e. The number of nitriles is 1. The van der Waals surface area contributed by atoms with Gasteiger partial charge in [0.15, 0.2) is 0 Å². The van der Waals surface area contributed by atoms with Crippen molar-refractivity contribution in [2.45, 2.75) is 19.8 Å². The molecule has 1 aromatic carbocycles. The average molecular weight is 392 g/mol. The molecule has 4 rings (SSSR count). The second-order valence-electron chi connectivity index (χ2n) is 7.65. The highest BCUT2D eigenvalue weighted by molar-refractivity contribution is 5.78. The standard InChI is InChI=1S/C23H27N5O/c1-3-7-18-17(2)19(16-24)23-26-20-8-4-5-9-21(20)28(23)22(18)25-10-6-11-27-12-14-29-15-13-27/h3-5,8-9H,1,6-7,10-15H2,2H3,(H,25,26)/p+2. The lowest BCUT2D eigenvalue weighted by atomic mass is 10.0. The molecule has 2 aromatic heterocycles. The van der Waals surface area contributed by atoms with Crippen molar-refractivity contribution in [2.24, 2.45) is 0 Å². The zero-order valence-electron chi connectivity index (χ0n) is 17.1. The van der Waals surface area contributed by atoms with E-state index in [0.717, 1.165) is 85.9 Å². The predicted octanol–water partition coefficient (Wildman–Crippen LogP) is 1.53. The first-order valence-corrected chi connectivity index (χ1v) is 10.4. The number of pyridine rings is 1. The molecular formula is C23H29N5O+2. The average Bonchev–Trinajstić information content (AvgIpc) is 3.13. The fourth-order valence-corrected chi connectivity index (χ4v) is 4.30. The van der Waals surface area contributed by atoms with Crippen LogP contribution in [0.25, 0.3) is 16.7 Å². The molecule has 0 atom stereocenters. The molecule has 6 heteroatoms. The molecule has 0 spiro atoms. The molecule has 6 nitrogen and oxygen atoms in total. The van der Waals surface area contributed by atoms with Crippen LogP contribution in [0.5, 0.6) is 0 Å². The predicted molar refractivity (Wildman–Crippen MR) is 114 cm³/mol. The summed E-state index contributed by atoms with van der Waals surface area (Å²) >= 11 is 0. The Morgan fingerprint density at radius 2 is 2.14 bits per heavy atom. The van der Waals surface area contributed by atoms with Crippen LogP contribution in [0.3, 0.4) is 0 Å². The monoisotopic (exact) mass is 391 g/mol. The summed E-state index contributed by atoms with van der Waals surface area (Å²) in [6, 6.07) is 10.6. The van der Waals surface area contributed by atoms with E-state index in [-0.39, 0.29) is 0 Å². The van der Waals surface area contributed by atoms with E-state index < -0.39 is 0 Å². The van der Waals surface area contributed by atoms with Gasteiger partial charge in [0.05, 0.1) is 26.3 Å². The van der Waals surface area contributed by atoms with Crippen molar-refractivity contribution in [3.63, 3.8) is 0 Å². The van der Waals surface area contributed by atoms with Crippen LogP contribution in [0.4, 0.5) is 5.82 Å². The Kier molecular flexibility index (Phi) is 5.79. The van der Waals surface area contributed by atoms with Gasteiger partial charge in [-0.3, -0.25) is 4.98 Å². The largest absolute Gasteiger partial charge is 0.370 e. The Morgan fingerprint density at radius 3 is 2.90 bits per heavy atom. The van der Waals surface area contributed by atoms with Crippen molar-refractivity contribution in [1.82, 2.24) is 4.98 Å². The molecular weight excluding hydrogens is 362 g/mol. The number of nitrogens with zero attached hydrogens (tertiary/aromatic N) is 2. The van der Waals surface area contributed by atoms with Crippen LogP contribution in [0, 0.1) is 18.3 Å². The normalized spacial score (nSPS) is 14.9. The first-order chi connectivity index (χ1) is 14.2. The van der Waals surface area contributed by atoms with Crippen molar-refractivity contribution in [3.8, 4) is 6.07 Å². The van der Waals surface area contributed by atoms with Gasteiger partial charge in [0.25, 0.3) is 0 Å². The van der Waals surface area contributed by atoms with E-state index >= 15 is 0 Å². The van der Waals surface area contributed by atoms with Crippen molar-refractivity contribution in [2.75, 3.05) is 44.7 Å². The number of allylic oxidation sites excluding steroid dienone is 1. The summed E-state index contributed by atoms with van der Waals surface area (Å²) in [7, 11) is 0. The smallest absolute Gasteiger partial charge is 0.250 e. The molecule has 0 amide bonds. The van der Waals surface area contributed by atoms with E-state index in [4.69, 9.17) is 4.74 Å². The molecule has 0 aliphatic carbocycles. The third-order valence-electron chi connectivity index (χ3n) is 5.86. The molecule has 1 saturated heterocycles. The third kappa shape index (κ3) is 3.71. The van der Waals surface area contributed by atoms with Crippen LogP contribution in [0.15, 0.2) is 36.9 Å². The highest BCUT2D eigenvalue weighted by Gasteiger charge is 2.25. The van der Waals surface area contributed by atoms with Gasteiger partial charge in [0.1, 0.15) is 35.8 Å². The van der Waals surface area contributed by atoms with Crippen LogP contribution in [-0.4, -0.2) is 44.4 Å². The number of hydrogen-bond donors (Lipinski definition) is 3. The van der Waals surface area contributed by atoms with E-state index in [1.165, 1.54) is 0 Å². The Balaban J connectivity index is 1.71. The number of morpholine rings is 1. The zero-order chi connectivity index (χ0) is 20.2. The van der Waals surface area contributed by atoms with Crippen LogP contribution >= 0.6 is 0 Å². The molecule has 0 radical (unpaired) electrons. The highest BCUT2D eigenvalue weighted by Crippen LogP contribution is 2.26. The minimum absolute atomic E-state index is 0.696. The molecule has 1 aliphatic rings. The number of aromatic amines is 1. The first kappa shape index (κ1) is 19.4. The van der Waals surface area contributed by atoms with Crippen molar-refractivity contribution >= 4 is 22.5 Å². The molecule has 1 fully saturated rings. The topological polar surface area (TPSA) is 69.4 Å². The number of H-pyrrole nitrogens is 1. The fourth-order valence-electron chi connectivity index (χ4n) is 4.30. The van der Waals surface area contributed by atoms with Gasteiger partial charge in [0.2, 0.25) is 11.5 Å². The molecule has 3 aromatic rings. The van der Waals surface area contributed by atoms with Gasteiger partial charge in [0, 0.05) is 12.0 Å². The summed E-state index contributed by atoms with van der Waals surface area (Å²) < 4.78 is 7.62. The van der Waals surface area contributed by atoms with E-state index in [1.807, 2.05) is 25.1 Å². The van der Waals surface area contributed by atoms with Crippen molar-refractivity contribution in [1.29, 1.82) is 5.26 Å². The molecule has 29 heavy (non-hydrogen) atoms. The molecule has 0 unspecified atom stereocenters. The highest BCUT2D eigenvalue weighted by atomic mass is 16.5. The first-order valence-electron chi connectivity index (χ1n) is 10.4. The number of aromatic nitrogens is 2. The van der Waals surface area contributed by atoms with E-state index in [9.17, 15) is 5.26 Å². The molecule has 3 heterocycles. The van der Waals surface area contributed by atoms with Gasteiger partial charge in [-0.15, -0.1) is 6.58 Å². The Labute approximate surface area is 171 Å². The number of anilines is 1. The summed E-state index contributed by atoms with van der Waals surface area (Å²) in [5.41, 5.74) is 5.80. The Morgan fingerprint density at radius 1 is 1.34 bits per heavy atom. The van der Waals surface area contributed by atoms with Gasteiger partial charge >= 0.3 is 0 Å². The summed E-state index contributed by atoms with van der Waals surface area (Å²) in [5.74, 6) is 1.06. The van der Waals surface area contributed by atoms with Gasteiger partial charge < -0.3 is 15.0 Å².